The van der Waals surface area contributed by atoms with Crippen LogP contribution in [0, 0.1) is 10.1 Å². The predicted octanol–water partition coefficient (Wildman–Crippen LogP) is 4.75. The summed E-state index contributed by atoms with van der Waals surface area (Å²) >= 11 is 4.74. The Kier molecular flexibility index (Phi) is 8.14. The molecule has 2 aromatic carbocycles. The first-order chi connectivity index (χ1) is 20.2. The Hall–Kier alpha value is -4.49. The lowest BCUT2D eigenvalue weighted by molar-refractivity contribution is -0.384. The van der Waals surface area contributed by atoms with Crippen molar-refractivity contribution in [2.24, 2.45) is 4.99 Å². The maximum Gasteiger partial charge on any atom is 0.338 e. The van der Waals surface area contributed by atoms with Gasteiger partial charge in [0.05, 0.1) is 47.6 Å². The monoisotopic (exact) mass is 653 g/mol. The lowest BCUT2D eigenvalue weighted by Gasteiger charge is -2.26. The fraction of sp³-hybridized carbons (Fsp3) is 0.207. The third-order valence-corrected chi connectivity index (χ3v) is 8.25. The van der Waals surface area contributed by atoms with Gasteiger partial charge in [-0.3, -0.25) is 19.5 Å². The predicted molar refractivity (Wildman–Crippen MR) is 158 cm³/mol. The van der Waals surface area contributed by atoms with E-state index in [0.29, 0.717) is 53.6 Å². The highest BCUT2D eigenvalue weighted by Crippen LogP contribution is 2.40. The Balaban J connectivity index is 1.65. The van der Waals surface area contributed by atoms with Crippen LogP contribution in [0.15, 0.2) is 78.5 Å². The van der Waals surface area contributed by atoms with Crippen LogP contribution in [0.1, 0.15) is 31.2 Å². The molecule has 0 bridgehead atoms. The minimum atomic E-state index is -0.871. The molecule has 0 saturated carbocycles. The van der Waals surface area contributed by atoms with Gasteiger partial charge in [0.2, 0.25) is 0 Å². The van der Waals surface area contributed by atoms with Crippen LogP contribution in [-0.4, -0.2) is 36.3 Å². The highest BCUT2D eigenvalue weighted by molar-refractivity contribution is 9.10. The van der Waals surface area contributed by atoms with Gasteiger partial charge in [-0.2, -0.15) is 0 Å². The number of halogens is 1. The van der Waals surface area contributed by atoms with E-state index in [-0.39, 0.29) is 23.4 Å². The number of nitro groups is 1. The van der Waals surface area contributed by atoms with Crippen molar-refractivity contribution in [3.63, 3.8) is 0 Å². The number of hydrogen-bond acceptors (Lipinski definition) is 10. The largest absolute Gasteiger partial charge is 0.493 e. The van der Waals surface area contributed by atoms with Gasteiger partial charge in [-0.05, 0) is 55.8 Å². The quantitative estimate of drug-likeness (QED) is 0.151. The second-order valence-electron chi connectivity index (χ2n) is 9.04. The number of ether oxygens (including phenoxy) is 3. The summed E-state index contributed by atoms with van der Waals surface area (Å²) in [4.78, 5) is 42.6. The molecule has 0 spiro atoms. The van der Waals surface area contributed by atoms with Crippen molar-refractivity contribution in [1.29, 1.82) is 0 Å². The Morgan fingerprint density at radius 3 is 2.50 bits per heavy atom. The molecule has 0 N–H and O–H groups in total. The number of carbonyl (C=O) groups excluding carboxylic acids is 1. The normalized spacial score (nSPS) is 14.8. The van der Waals surface area contributed by atoms with Crippen LogP contribution in [0.25, 0.3) is 17.4 Å². The topological polar surface area (TPSA) is 135 Å². The van der Waals surface area contributed by atoms with Crippen molar-refractivity contribution in [3.05, 3.63) is 105 Å². The molecule has 0 aliphatic carbocycles. The lowest BCUT2D eigenvalue weighted by Crippen LogP contribution is -2.40. The van der Waals surface area contributed by atoms with E-state index in [1.807, 2.05) is 0 Å². The van der Waals surface area contributed by atoms with Gasteiger partial charge in [-0.15, -0.1) is 0 Å². The van der Waals surface area contributed by atoms with Gasteiger partial charge in [0.15, 0.2) is 16.3 Å². The highest BCUT2D eigenvalue weighted by Gasteiger charge is 2.35. The number of aromatic nitrogens is 1. The number of nitro benzene ring substituents is 1. The smallest absolute Gasteiger partial charge is 0.338 e. The molecule has 3 heterocycles. The Bertz CT molecular complexity index is 1920. The summed E-state index contributed by atoms with van der Waals surface area (Å²) in [6.07, 6.45) is 1.60. The molecule has 1 atom stereocenters. The summed E-state index contributed by atoms with van der Waals surface area (Å²) in [5.74, 6) is 1.19. The van der Waals surface area contributed by atoms with Crippen molar-refractivity contribution < 1.29 is 28.3 Å². The van der Waals surface area contributed by atoms with E-state index in [1.165, 1.54) is 30.9 Å². The molecule has 0 fully saturated rings. The number of carbonyl (C=O) groups is 1. The molecule has 0 saturated heterocycles. The Labute approximate surface area is 251 Å². The second-order valence-corrected chi connectivity index (χ2v) is 10.9. The van der Waals surface area contributed by atoms with Crippen LogP contribution in [0.2, 0.25) is 0 Å². The number of allylic oxidation sites excluding steroid dienone is 1. The maximum atomic E-state index is 13.9. The number of nitrogens with zero attached hydrogens (tertiary/aromatic N) is 3. The third kappa shape index (κ3) is 5.28. The molecule has 1 aliphatic heterocycles. The lowest BCUT2D eigenvalue weighted by atomic mass is 9.95. The van der Waals surface area contributed by atoms with E-state index in [1.54, 1.807) is 56.3 Å². The molecule has 5 rings (SSSR count). The zero-order valence-corrected chi connectivity index (χ0v) is 25.3. The number of rotatable bonds is 8. The highest BCUT2D eigenvalue weighted by atomic mass is 79.9. The summed E-state index contributed by atoms with van der Waals surface area (Å²) in [7, 11) is 3.02. The molecule has 0 amide bonds. The van der Waals surface area contributed by atoms with Crippen LogP contribution < -0.4 is 24.4 Å². The molecule has 4 aromatic rings. The molecule has 1 aliphatic rings. The van der Waals surface area contributed by atoms with E-state index in [2.05, 4.69) is 20.9 Å². The van der Waals surface area contributed by atoms with E-state index in [4.69, 9.17) is 18.6 Å². The first kappa shape index (κ1) is 29.0. The fourth-order valence-electron chi connectivity index (χ4n) is 4.63. The van der Waals surface area contributed by atoms with Gasteiger partial charge >= 0.3 is 5.97 Å². The number of non-ortho nitro benzene ring substituents is 1. The van der Waals surface area contributed by atoms with Crippen molar-refractivity contribution in [1.82, 2.24) is 4.57 Å². The average molecular weight is 654 g/mol. The number of furan rings is 1. The number of fused-ring (bicyclic) bond motifs is 1. The molecule has 216 valence electrons. The Morgan fingerprint density at radius 1 is 1.17 bits per heavy atom. The SMILES string of the molecule is CCOC(=O)C1=C(C)N=c2s/c(=C/c3ccc(-c4ccc([N+](=O)[O-])cc4)o3)c(=O)n2C1c1cc(OC)c(OC)cc1Br. The standard InChI is InChI=1S/C29H24BrN3O8S/c1-5-40-28(35)25-15(2)31-29-32(26(25)19-13-22(38-3)23(39-4)14-20(19)30)27(34)24(42-29)12-18-10-11-21(41-18)16-6-8-17(9-7-16)33(36)37/h6-14,26H,5H2,1-4H3/b24-12+. The van der Waals surface area contributed by atoms with Gasteiger partial charge in [-0.25, -0.2) is 9.79 Å². The van der Waals surface area contributed by atoms with Crippen LogP contribution in [-0.2, 0) is 9.53 Å². The molecule has 42 heavy (non-hydrogen) atoms. The molecule has 1 unspecified atom stereocenters. The van der Waals surface area contributed by atoms with Crippen molar-refractivity contribution in [2.45, 2.75) is 19.9 Å². The van der Waals surface area contributed by atoms with E-state index >= 15 is 0 Å². The summed E-state index contributed by atoms with van der Waals surface area (Å²) in [5, 5.41) is 11.0. The molecule has 2 aromatic heterocycles. The minimum Gasteiger partial charge on any atom is -0.493 e. The Morgan fingerprint density at radius 2 is 1.86 bits per heavy atom. The summed E-state index contributed by atoms with van der Waals surface area (Å²) in [6, 6.07) is 11.9. The molecular formula is C29H24BrN3O8S. The van der Waals surface area contributed by atoms with Crippen LogP contribution in [0.5, 0.6) is 11.5 Å². The summed E-state index contributed by atoms with van der Waals surface area (Å²) in [5.41, 5.74) is 1.47. The van der Waals surface area contributed by atoms with Crippen LogP contribution in [0.3, 0.4) is 0 Å². The van der Waals surface area contributed by atoms with Gasteiger partial charge < -0.3 is 18.6 Å². The first-order valence-electron chi connectivity index (χ1n) is 12.6. The van der Waals surface area contributed by atoms with Crippen LogP contribution in [0.4, 0.5) is 5.69 Å². The number of hydrogen-bond donors (Lipinski definition) is 0. The average Bonchev–Trinajstić information content (AvgIpc) is 3.56. The van der Waals surface area contributed by atoms with E-state index in [0.717, 1.165) is 11.3 Å². The van der Waals surface area contributed by atoms with E-state index in [9.17, 15) is 19.7 Å². The van der Waals surface area contributed by atoms with Gasteiger partial charge in [0.1, 0.15) is 11.5 Å². The molecular weight excluding hydrogens is 630 g/mol. The van der Waals surface area contributed by atoms with Gasteiger partial charge in [-0.1, -0.05) is 27.3 Å². The van der Waals surface area contributed by atoms with Crippen molar-refractivity contribution >= 4 is 45.0 Å². The van der Waals surface area contributed by atoms with Crippen molar-refractivity contribution in [3.8, 4) is 22.8 Å². The van der Waals surface area contributed by atoms with Gasteiger partial charge in [0.25, 0.3) is 11.2 Å². The van der Waals surface area contributed by atoms with Crippen LogP contribution >= 0.6 is 27.3 Å². The first-order valence-corrected chi connectivity index (χ1v) is 14.2. The number of thiazole rings is 1. The molecule has 11 nitrogen and oxygen atoms in total. The zero-order valence-electron chi connectivity index (χ0n) is 22.9. The number of methoxy groups -OCH3 is 2. The van der Waals surface area contributed by atoms with E-state index < -0.39 is 16.9 Å². The number of esters is 1. The van der Waals surface area contributed by atoms with Crippen molar-refractivity contribution in [2.75, 3.05) is 20.8 Å². The van der Waals surface area contributed by atoms with Gasteiger partial charge in [0, 0.05) is 28.2 Å². The summed E-state index contributed by atoms with van der Waals surface area (Å²) in [6.45, 7) is 3.56. The molecule has 13 heteroatoms. The fourth-order valence-corrected chi connectivity index (χ4v) is 6.19. The second kappa shape index (κ2) is 11.8. The third-order valence-electron chi connectivity index (χ3n) is 6.58. The molecule has 0 radical (unpaired) electrons. The maximum absolute atomic E-state index is 13.9. The summed E-state index contributed by atoms with van der Waals surface area (Å²) < 4.78 is 24.6. The number of benzene rings is 2. The zero-order chi connectivity index (χ0) is 30.1. The minimum absolute atomic E-state index is 0.0280.